The molecule has 0 saturated carbocycles. The number of amides is 1. The fourth-order valence-electron chi connectivity index (χ4n) is 1.93. The molecule has 118 valence electrons. The molecule has 2 aromatic rings. The van der Waals surface area contributed by atoms with E-state index in [2.05, 4.69) is 10.3 Å². The van der Waals surface area contributed by atoms with Gasteiger partial charge in [0.25, 0.3) is 5.91 Å². The topological polar surface area (TPSA) is 56.2 Å². The van der Waals surface area contributed by atoms with Crippen LogP contribution in [0.5, 0.6) is 5.75 Å². The number of halogens is 2. The van der Waals surface area contributed by atoms with Gasteiger partial charge in [-0.1, -0.05) is 6.92 Å². The summed E-state index contributed by atoms with van der Waals surface area (Å²) in [4.78, 5) is 15.8. The molecule has 1 aromatic heterocycles. The van der Waals surface area contributed by atoms with Crippen LogP contribution in [0.1, 0.15) is 13.3 Å². The van der Waals surface area contributed by atoms with Gasteiger partial charge in [-0.2, -0.15) is 0 Å². The summed E-state index contributed by atoms with van der Waals surface area (Å²) in [7, 11) is 0. The fourth-order valence-corrected chi connectivity index (χ4v) is 1.93. The minimum atomic E-state index is -0.835. The van der Waals surface area contributed by atoms with Gasteiger partial charge in [-0.15, -0.1) is 0 Å². The first-order chi connectivity index (χ1) is 10.6. The molecular formula is C15H17F2N3O2. The van der Waals surface area contributed by atoms with Crippen LogP contribution in [0.4, 0.5) is 8.78 Å². The van der Waals surface area contributed by atoms with Crippen LogP contribution in [0.15, 0.2) is 36.9 Å². The largest absolute Gasteiger partial charge is 0.481 e. The molecule has 1 heterocycles. The molecule has 7 heteroatoms. The molecule has 1 N–H and O–H groups in total. The predicted octanol–water partition coefficient (Wildman–Crippen LogP) is 2.14. The second-order valence-corrected chi connectivity index (χ2v) is 4.80. The zero-order chi connectivity index (χ0) is 15.9. The fraction of sp³-hybridized carbons (Fsp3) is 0.333. The maximum Gasteiger partial charge on any atom is 0.258 e. The van der Waals surface area contributed by atoms with Crippen LogP contribution in [-0.4, -0.2) is 28.1 Å². The monoisotopic (exact) mass is 309 g/mol. The highest BCUT2D eigenvalue weighted by atomic mass is 19.1. The molecule has 1 atom stereocenters. The van der Waals surface area contributed by atoms with Gasteiger partial charge in [-0.3, -0.25) is 4.79 Å². The third-order valence-electron chi connectivity index (χ3n) is 3.10. The number of rotatable bonds is 7. The van der Waals surface area contributed by atoms with Gasteiger partial charge in [0.2, 0.25) is 0 Å². The predicted molar refractivity (Wildman–Crippen MR) is 76.3 cm³/mol. The van der Waals surface area contributed by atoms with Gasteiger partial charge in [0.15, 0.2) is 18.2 Å². The summed E-state index contributed by atoms with van der Waals surface area (Å²) in [6.07, 6.45) is 5.86. The first-order valence-electron chi connectivity index (χ1n) is 6.91. The standard InChI is InChI=1S/C15H17F2N3O2/c1-2-12(8-20-6-5-18-10-20)19-15(21)9-22-14-4-3-11(16)7-13(14)17/h3-7,10,12H,2,8-9H2,1H3,(H,19,21)/t12-/m1/s1. The molecule has 0 unspecified atom stereocenters. The zero-order valence-electron chi connectivity index (χ0n) is 12.1. The van der Waals surface area contributed by atoms with Crippen LogP contribution in [-0.2, 0) is 11.3 Å². The number of aromatic nitrogens is 2. The van der Waals surface area contributed by atoms with E-state index in [1.807, 2.05) is 11.5 Å². The van der Waals surface area contributed by atoms with Gasteiger partial charge in [-0.05, 0) is 18.6 Å². The molecule has 0 saturated heterocycles. The van der Waals surface area contributed by atoms with Crippen molar-refractivity contribution in [1.29, 1.82) is 0 Å². The lowest BCUT2D eigenvalue weighted by Crippen LogP contribution is -2.40. The van der Waals surface area contributed by atoms with E-state index in [-0.39, 0.29) is 24.3 Å². The molecule has 0 fully saturated rings. The van der Waals surface area contributed by atoms with E-state index < -0.39 is 11.6 Å². The van der Waals surface area contributed by atoms with Gasteiger partial charge < -0.3 is 14.6 Å². The highest BCUT2D eigenvalue weighted by molar-refractivity contribution is 5.77. The molecular weight excluding hydrogens is 292 g/mol. The second kappa shape index (κ2) is 7.53. The van der Waals surface area contributed by atoms with Crippen LogP contribution in [0.3, 0.4) is 0 Å². The van der Waals surface area contributed by atoms with E-state index in [1.54, 1.807) is 18.7 Å². The first-order valence-corrected chi connectivity index (χ1v) is 6.91. The van der Waals surface area contributed by atoms with Gasteiger partial charge in [0, 0.05) is 31.0 Å². The summed E-state index contributed by atoms with van der Waals surface area (Å²) in [5.74, 6) is -2.05. The Labute approximate surface area is 126 Å². The highest BCUT2D eigenvalue weighted by Gasteiger charge is 2.13. The Hall–Kier alpha value is -2.44. The number of hydrogen-bond acceptors (Lipinski definition) is 3. The highest BCUT2D eigenvalue weighted by Crippen LogP contribution is 2.17. The minimum absolute atomic E-state index is 0.0802. The van der Waals surface area contributed by atoms with Crippen LogP contribution in [0.25, 0.3) is 0 Å². The number of ether oxygens (including phenoxy) is 1. The van der Waals surface area contributed by atoms with Crippen molar-refractivity contribution < 1.29 is 18.3 Å². The van der Waals surface area contributed by atoms with E-state index in [4.69, 9.17) is 4.74 Å². The van der Waals surface area contributed by atoms with Crippen molar-refractivity contribution in [2.45, 2.75) is 25.9 Å². The van der Waals surface area contributed by atoms with Gasteiger partial charge >= 0.3 is 0 Å². The summed E-state index contributed by atoms with van der Waals surface area (Å²) >= 11 is 0. The average Bonchev–Trinajstić information content (AvgIpc) is 2.98. The van der Waals surface area contributed by atoms with Crippen molar-refractivity contribution in [1.82, 2.24) is 14.9 Å². The number of carbonyl (C=O) groups excluding carboxylic acids is 1. The molecule has 1 aromatic carbocycles. The van der Waals surface area contributed by atoms with E-state index in [0.29, 0.717) is 12.6 Å². The van der Waals surface area contributed by atoms with E-state index in [1.165, 1.54) is 0 Å². The lowest BCUT2D eigenvalue weighted by molar-refractivity contribution is -0.123. The molecule has 22 heavy (non-hydrogen) atoms. The summed E-state index contributed by atoms with van der Waals surface area (Å²) in [5, 5.41) is 2.80. The van der Waals surface area contributed by atoms with Crippen molar-refractivity contribution in [2.24, 2.45) is 0 Å². The van der Waals surface area contributed by atoms with Crippen molar-refractivity contribution in [3.63, 3.8) is 0 Å². The number of nitrogens with zero attached hydrogens (tertiary/aromatic N) is 2. The number of carbonyl (C=O) groups is 1. The Morgan fingerprint density at radius 1 is 1.45 bits per heavy atom. The summed E-state index contributed by atoms with van der Waals surface area (Å²) in [5.41, 5.74) is 0. The van der Waals surface area contributed by atoms with Crippen LogP contribution >= 0.6 is 0 Å². The second-order valence-electron chi connectivity index (χ2n) is 4.80. The molecule has 0 aliphatic heterocycles. The van der Waals surface area contributed by atoms with Gasteiger partial charge in [-0.25, -0.2) is 13.8 Å². The maximum atomic E-state index is 13.4. The quantitative estimate of drug-likeness (QED) is 0.852. The molecule has 0 bridgehead atoms. The Bertz CT molecular complexity index is 617. The Morgan fingerprint density at radius 3 is 2.91 bits per heavy atom. The minimum Gasteiger partial charge on any atom is -0.481 e. The lowest BCUT2D eigenvalue weighted by Gasteiger charge is -2.17. The van der Waals surface area contributed by atoms with Gasteiger partial charge in [0.05, 0.1) is 6.33 Å². The number of imidazole rings is 1. The maximum absolute atomic E-state index is 13.4. The first kappa shape index (κ1) is 15.9. The van der Waals surface area contributed by atoms with Crippen LogP contribution in [0, 0.1) is 11.6 Å². The molecule has 0 radical (unpaired) electrons. The summed E-state index contributed by atoms with van der Waals surface area (Å²) in [6, 6.07) is 2.86. The van der Waals surface area contributed by atoms with Crippen molar-refractivity contribution in [2.75, 3.05) is 6.61 Å². The number of hydrogen-bond donors (Lipinski definition) is 1. The third kappa shape index (κ3) is 4.54. The van der Waals surface area contributed by atoms with Gasteiger partial charge in [0.1, 0.15) is 5.82 Å². The van der Waals surface area contributed by atoms with E-state index in [9.17, 15) is 13.6 Å². The van der Waals surface area contributed by atoms with Crippen molar-refractivity contribution in [3.05, 3.63) is 48.6 Å². The Balaban J connectivity index is 1.83. The summed E-state index contributed by atoms with van der Waals surface area (Å²) < 4.78 is 33.1. The lowest BCUT2D eigenvalue weighted by atomic mass is 10.2. The average molecular weight is 309 g/mol. The zero-order valence-corrected chi connectivity index (χ0v) is 12.1. The number of benzene rings is 1. The Morgan fingerprint density at radius 2 is 2.27 bits per heavy atom. The molecule has 0 spiro atoms. The molecule has 0 aliphatic carbocycles. The summed E-state index contributed by atoms with van der Waals surface area (Å²) in [6.45, 7) is 2.21. The SMILES string of the molecule is CC[C@H](Cn1ccnc1)NC(=O)COc1ccc(F)cc1F. The van der Waals surface area contributed by atoms with Crippen LogP contribution < -0.4 is 10.1 Å². The van der Waals surface area contributed by atoms with E-state index in [0.717, 1.165) is 18.6 Å². The Kier molecular flexibility index (Phi) is 5.46. The molecule has 5 nitrogen and oxygen atoms in total. The molecule has 0 aliphatic rings. The van der Waals surface area contributed by atoms with Crippen molar-refractivity contribution in [3.8, 4) is 5.75 Å². The smallest absolute Gasteiger partial charge is 0.258 e. The number of nitrogens with one attached hydrogen (secondary N) is 1. The molecule has 2 rings (SSSR count). The normalized spacial score (nSPS) is 12.0. The third-order valence-corrected chi connectivity index (χ3v) is 3.10. The van der Waals surface area contributed by atoms with Crippen LogP contribution in [0.2, 0.25) is 0 Å². The van der Waals surface area contributed by atoms with Crippen molar-refractivity contribution >= 4 is 5.91 Å². The van der Waals surface area contributed by atoms with E-state index >= 15 is 0 Å². The molecule has 1 amide bonds.